The average molecular weight is 517 g/mol. The van der Waals surface area contributed by atoms with Gasteiger partial charge < -0.3 is 24.3 Å². The van der Waals surface area contributed by atoms with Crippen molar-refractivity contribution in [1.82, 2.24) is 19.5 Å². The number of amides is 1. The van der Waals surface area contributed by atoms with Crippen molar-refractivity contribution in [2.45, 2.75) is 58.2 Å². The second kappa shape index (κ2) is 12.4. The summed E-state index contributed by atoms with van der Waals surface area (Å²) in [5, 5.41) is 21.7. The molecule has 0 saturated carbocycles. The van der Waals surface area contributed by atoms with Crippen LogP contribution in [0.4, 0.5) is 0 Å². The molecule has 1 aromatic carbocycles. The summed E-state index contributed by atoms with van der Waals surface area (Å²) in [4.78, 5) is 37.7. The molecule has 2 aromatic rings. The number of nitrogens with zero attached hydrogens (tertiary/aromatic N) is 4. The topological polar surface area (TPSA) is 127 Å². The fraction of sp³-hybridized carbons (Fsp3) is 0.577. The first kappa shape index (κ1) is 26.9. The molecule has 11 nitrogen and oxygen atoms in total. The van der Waals surface area contributed by atoms with Gasteiger partial charge in [-0.2, -0.15) is 0 Å². The monoisotopic (exact) mass is 516 g/mol. The van der Waals surface area contributed by atoms with Gasteiger partial charge in [0, 0.05) is 49.6 Å². The molecular weight excluding hydrogens is 480 g/mol. The van der Waals surface area contributed by atoms with Gasteiger partial charge in [-0.25, -0.2) is 10.0 Å². The Balaban J connectivity index is 1.63. The number of aliphatic hydroxyl groups excluding tert-OH is 1. The highest BCUT2D eigenvalue weighted by atomic mass is 16.7. The molecule has 2 aliphatic heterocycles. The maximum Gasteiger partial charge on any atom is 0.308 e. The zero-order chi connectivity index (χ0) is 26.4. The maximum atomic E-state index is 13.3. The fourth-order valence-electron chi connectivity index (χ4n) is 5.25. The Hall–Kier alpha value is -3.15. The zero-order valence-electron chi connectivity index (χ0n) is 21.4. The Morgan fingerprint density at radius 1 is 1.24 bits per heavy atom. The van der Waals surface area contributed by atoms with E-state index < -0.39 is 23.8 Å². The molecule has 0 bridgehead atoms. The number of imidazole rings is 1. The molecule has 0 unspecified atom stereocenters. The number of carboxylic acids is 1. The van der Waals surface area contributed by atoms with Gasteiger partial charge in [0.15, 0.2) is 11.5 Å². The quantitative estimate of drug-likeness (QED) is 0.385. The van der Waals surface area contributed by atoms with Crippen LogP contribution in [0.2, 0.25) is 0 Å². The number of aromatic nitrogens is 2. The van der Waals surface area contributed by atoms with Gasteiger partial charge in [-0.1, -0.05) is 13.8 Å². The summed E-state index contributed by atoms with van der Waals surface area (Å²) in [6, 6.07) is 3.19. The number of likely N-dealkylation sites (tertiary alicyclic amines) is 1. The first-order chi connectivity index (χ1) is 18.0. The van der Waals surface area contributed by atoms with Gasteiger partial charge in [0.25, 0.3) is 5.91 Å². The number of benzene rings is 1. The van der Waals surface area contributed by atoms with Crippen molar-refractivity contribution in [2.24, 2.45) is 5.92 Å². The molecule has 3 atom stereocenters. The Morgan fingerprint density at radius 3 is 2.76 bits per heavy atom. The molecule has 2 N–H and O–H groups in total. The van der Waals surface area contributed by atoms with E-state index in [1.54, 1.807) is 24.7 Å². The fourth-order valence-corrected chi connectivity index (χ4v) is 5.25. The molecule has 1 fully saturated rings. The Labute approximate surface area is 216 Å². The summed E-state index contributed by atoms with van der Waals surface area (Å²) in [6.45, 7) is 5.67. The number of carboxylic acid groups (broad SMARTS) is 1. The van der Waals surface area contributed by atoms with Crippen molar-refractivity contribution in [2.75, 3.05) is 33.0 Å². The van der Waals surface area contributed by atoms with Crippen LogP contribution in [0.3, 0.4) is 0 Å². The zero-order valence-corrected chi connectivity index (χ0v) is 21.4. The van der Waals surface area contributed by atoms with E-state index >= 15 is 0 Å². The van der Waals surface area contributed by atoms with Crippen LogP contribution in [0.1, 0.15) is 50.2 Å². The van der Waals surface area contributed by atoms with Crippen LogP contribution >= 0.6 is 0 Å². The first-order valence-corrected chi connectivity index (χ1v) is 12.9. The number of hydroxylamine groups is 2. The SMILES string of the molecule is CCCON(CCC)C(=O)CN1C[C@H](c2cc(CO)c3c(c2)OCO3)[C@@H](C(=O)O)[C@@H]1CCn1ccnc1. The first-order valence-electron chi connectivity index (χ1n) is 12.9. The van der Waals surface area contributed by atoms with Gasteiger partial charge in [-0.05, 0) is 37.0 Å². The predicted molar refractivity (Wildman–Crippen MR) is 133 cm³/mol. The van der Waals surface area contributed by atoms with Gasteiger partial charge in [-0.15, -0.1) is 0 Å². The minimum atomic E-state index is -0.925. The van der Waals surface area contributed by atoms with Crippen LogP contribution in [0.15, 0.2) is 30.9 Å². The van der Waals surface area contributed by atoms with Crippen LogP contribution in [-0.4, -0.2) is 80.7 Å². The molecule has 0 aliphatic carbocycles. The van der Waals surface area contributed by atoms with E-state index in [1.165, 1.54) is 5.06 Å². The van der Waals surface area contributed by atoms with Gasteiger partial charge in [0.2, 0.25) is 6.79 Å². The van der Waals surface area contributed by atoms with Crippen molar-refractivity contribution >= 4 is 11.9 Å². The molecule has 37 heavy (non-hydrogen) atoms. The van der Waals surface area contributed by atoms with Crippen LogP contribution in [-0.2, 0) is 27.6 Å². The minimum Gasteiger partial charge on any atom is -0.481 e. The predicted octanol–water partition coefficient (Wildman–Crippen LogP) is 2.24. The lowest BCUT2D eigenvalue weighted by molar-refractivity contribution is -0.188. The van der Waals surface area contributed by atoms with Gasteiger partial charge in [0.1, 0.15) is 0 Å². The lowest BCUT2D eigenvalue weighted by atomic mass is 9.83. The molecule has 11 heteroatoms. The van der Waals surface area contributed by atoms with Crippen LogP contribution in [0.25, 0.3) is 0 Å². The number of ether oxygens (including phenoxy) is 2. The number of aryl methyl sites for hydroxylation is 1. The van der Waals surface area contributed by atoms with Crippen LogP contribution in [0.5, 0.6) is 11.5 Å². The highest BCUT2D eigenvalue weighted by Crippen LogP contribution is 2.44. The Bertz CT molecular complexity index is 1060. The molecular formula is C26H36N4O7. The Kier molecular flexibility index (Phi) is 9.01. The van der Waals surface area contributed by atoms with Crippen molar-refractivity contribution in [3.8, 4) is 11.5 Å². The molecule has 1 aromatic heterocycles. The number of carbonyl (C=O) groups excluding carboxylic acids is 1. The van der Waals surface area contributed by atoms with E-state index in [-0.39, 0.29) is 25.9 Å². The number of hydrogen-bond donors (Lipinski definition) is 2. The molecule has 1 amide bonds. The third-order valence-corrected chi connectivity index (χ3v) is 6.94. The van der Waals surface area contributed by atoms with E-state index in [4.69, 9.17) is 14.3 Å². The number of rotatable bonds is 13. The third-order valence-electron chi connectivity index (χ3n) is 6.94. The van der Waals surface area contributed by atoms with Crippen LogP contribution < -0.4 is 9.47 Å². The maximum absolute atomic E-state index is 13.3. The lowest BCUT2D eigenvalue weighted by Gasteiger charge is -2.29. The highest BCUT2D eigenvalue weighted by molar-refractivity contribution is 5.78. The van der Waals surface area contributed by atoms with Crippen LogP contribution in [0, 0.1) is 5.92 Å². The van der Waals surface area contributed by atoms with Crippen molar-refractivity contribution in [3.63, 3.8) is 0 Å². The summed E-state index contributed by atoms with van der Waals surface area (Å²) in [5.74, 6) is -1.30. The number of hydrogen-bond acceptors (Lipinski definition) is 8. The molecule has 3 heterocycles. The van der Waals surface area contributed by atoms with Gasteiger partial charge in [0.05, 0.1) is 32.0 Å². The average Bonchev–Trinajstić information content (AvgIpc) is 3.64. The second-order valence-corrected chi connectivity index (χ2v) is 9.46. The third kappa shape index (κ3) is 6.06. The lowest BCUT2D eigenvalue weighted by Crippen LogP contribution is -2.44. The van der Waals surface area contributed by atoms with Crippen molar-refractivity contribution in [1.29, 1.82) is 0 Å². The van der Waals surface area contributed by atoms with E-state index in [2.05, 4.69) is 4.98 Å². The van der Waals surface area contributed by atoms with E-state index in [0.717, 1.165) is 18.4 Å². The van der Waals surface area contributed by atoms with E-state index in [0.29, 0.717) is 49.7 Å². The minimum absolute atomic E-state index is 0.0516. The normalized spacial score (nSPS) is 20.9. The largest absolute Gasteiger partial charge is 0.481 e. The molecule has 2 aliphatic rings. The van der Waals surface area contributed by atoms with E-state index in [9.17, 15) is 19.8 Å². The van der Waals surface area contributed by atoms with E-state index in [1.807, 2.05) is 29.5 Å². The number of aliphatic hydroxyl groups is 1. The van der Waals surface area contributed by atoms with Crippen molar-refractivity contribution < 1.29 is 34.1 Å². The summed E-state index contributed by atoms with van der Waals surface area (Å²) < 4.78 is 13.0. The Morgan fingerprint density at radius 2 is 2.08 bits per heavy atom. The summed E-state index contributed by atoms with van der Waals surface area (Å²) in [5.41, 5.74) is 1.30. The molecule has 4 rings (SSSR count). The molecule has 0 spiro atoms. The summed E-state index contributed by atoms with van der Waals surface area (Å²) in [7, 11) is 0. The van der Waals surface area contributed by atoms with Gasteiger partial charge >= 0.3 is 5.97 Å². The number of carbonyl (C=O) groups is 2. The second-order valence-electron chi connectivity index (χ2n) is 9.46. The van der Waals surface area contributed by atoms with Crippen molar-refractivity contribution in [3.05, 3.63) is 42.0 Å². The van der Waals surface area contributed by atoms with Gasteiger partial charge in [-0.3, -0.25) is 19.3 Å². The molecule has 202 valence electrons. The summed E-state index contributed by atoms with van der Waals surface area (Å²) in [6.07, 6.45) is 7.28. The smallest absolute Gasteiger partial charge is 0.308 e. The number of aliphatic carboxylic acids is 1. The highest BCUT2D eigenvalue weighted by Gasteiger charge is 2.47. The number of fused-ring (bicyclic) bond motifs is 1. The molecule has 1 saturated heterocycles. The standard InChI is InChI=1S/C26H36N4O7/c1-3-7-30(37-10-4-2)23(32)14-29-13-20(18-11-19(15-31)25-22(12-18)35-17-36-25)24(26(33)34)21(29)5-8-28-9-6-27-16-28/h6,9,11-12,16,20-21,24,31H,3-5,7-8,10,13-15,17H2,1-2H3,(H,33,34)/t20-,21+,24-/m1/s1. The molecule has 0 radical (unpaired) electrons. The summed E-state index contributed by atoms with van der Waals surface area (Å²) >= 11 is 0.